The van der Waals surface area contributed by atoms with Crippen LogP contribution in [0.5, 0.6) is 0 Å². The average Bonchev–Trinajstić information content (AvgIpc) is 3.19. The molecule has 1 aliphatic rings. The van der Waals surface area contributed by atoms with Crippen molar-refractivity contribution in [3.05, 3.63) is 53.4 Å². The fourth-order valence-electron chi connectivity index (χ4n) is 3.24. The van der Waals surface area contributed by atoms with Gasteiger partial charge < -0.3 is 14.7 Å². The van der Waals surface area contributed by atoms with Gasteiger partial charge in [-0.25, -0.2) is 17.2 Å². The normalized spacial score (nSPS) is 15.6. The average molecular weight is 569 g/mol. The number of piperazine rings is 1. The minimum atomic E-state index is -3.48. The van der Waals surface area contributed by atoms with E-state index in [1.54, 1.807) is 0 Å². The van der Waals surface area contributed by atoms with Crippen molar-refractivity contribution in [3.63, 3.8) is 0 Å². The van der Waals surface area contributed by atoms with Crippen molar-refractivity contribution in [1.29, 1.82) is 0 Å². The van der Waals surface area contributed by atoms with Crippen LogP contribution in [-0.2, 0) is 22.2 Å². The highest BCUT2D eigenvalue weighted by molar-refractivity contribution is 14.0. The van der Waals surface area contributed by atoms with Crippen LogP contribution >= 0.6 is 24.0 Å². The Bertz CT molecular complexity index is 945. The molecular weight excluding hydrogens is 543 g/mol. The summed E-state index contributed by atoms with van der Waals surface area (Å²) in [5.74, 6) is -0.752. The third kappa shape index (κ3) is 7.38. The van der Waals surface area contributed by atoms with Crippen LogP contribution in [-0.4, -0.2) is 68.0 Å². The number of halogens is 3. The van der Waals surface area contributed by atoms with E-state index >= 15 is 0 Å². The molecule has 31 heavy (non-hydrogen) atoms. The third-order valence-electron chi connectivity index (χ3n) is 4.67. The zero-order valence-corrected chi connectivity index (χ0v) is 20.3. The molecule has 0 atom stereocenters. The van der Waals surface area contributed by atoms with Crippen LogP contribution < -0.4 is 5.32 Å². The second kappa shape index (κ2) is 11.7. The van der Waals surface area contributed by atoms with E-state index in [2.05, 4.69) is 15.5 Å². The molecule has 0 unspecified atom stereocenters. The number of sulfonamides is 1. The molecule has 0 aliphatic carbocycles. The molecule has 12 heteroatoms. The molecule has 2 heterocycles. The SMILES string of the molecule is CCNC(=NCCc1cc(F)cc(F)c1)N1CCN(S(=O)(=O)Cc2ccon2)CC1.I. The van der Waals surface area contributed by atoms with Gasteiger partial charge in [-0.05, 0) is 31.0 Å². The number of hydrogen-bond acceptors (Lipinski definition) is 5. The maximum atomic E-state index is 13.3. The van der Waals surface area contributed by atoms with E-state index in [-0.39, 0.29) is 29.7 Å². The molecule has 1 aromatic heterocycles. The molecule has 0 saturated carbocycles. The maximum absolute atomic E-state index is 13.3. The van der Waals surface area contributed by atoms with Gasteiger partial charge in [0.15, 0.2) is 5.96 Å². The number of guanidine groups is 1. The largest absolute Gasteiger partial charge is 0.364 e. The summed E-state index contributed by atoms with van der Waals surface area (Å²) in [5, 5.41) is 6.85. The van der Waals surface area contributed by atoms with Gasteiger partial charge in [0.25, 0.3) is 0 Å². The predicted molar refractivity (Wildman–Crippen MR) is 124 cm³/mol. The molecule has 1 aliphatic heterocycles. The minimum absolute atomic E-state index is 0. The van der Waals surface area contributed by atoms with Gasteiger partial charge in [0.05, 0.1) is 5.69 Å². The van der Waals surface area contributed by atoms with E-state index in [0.717, 1.165) is 6.07 Å². The molecule has 0 spiro atoms. The first-order valence-electron chi connectivity index (χ1n) is 9.72. The monoisotopic (exact) mass is 569 g/mol. The number of hydrogen-bond donors (Lipinski definition) is 1. The van der Waals surface area contributed by atoms with Gasteiger partial charge in [-0.1, -0.05) is 5.16 Å². The lowest BCUT2D eigenvalue weighted by atomic mass is 10.1. The number of aromatic nitrogens is 1. The highest BCUT2D eigenvalue weighted by Crippen LogP contribution is 2.13. The molecular formula is C19H26F2IN5O3S. The van der Waals surface area contributed by atoms with Crippen LogP contribution in [0.3, 0.4) is 0 Å². The lowest BCUT2D eigenvalue weighted by Gasteiger charge is -2.35. The Labute approximate surface area is 197 Å². The summed E-state index contributed by atoms with van der Waals surface area (Å²) in [6.45, 7) is 4.58. The Hall–Kier alpha value is -1.80. The summed E-state index contributed by atoms with van der Waals surface area (Å²) in [5.41, 5.74) is 0.914. The number of benzene rings is 1. The van der Waals surface area contributed by atoms with Crippen molar-refractivity contribution in [3.8, 4) is 0 Å². The Morgan fingerprint density at radius 2 is 1.87 bits per heavy atom. The number of nitrogens with one attached hydrogen (secondary N) is 1. The summed E-state index contributed by atoms with van der Waals surface area (Å²) in [6.07, 6.45) is 1.75. The topological polar surface area (TPSA) is 91.0 Å². The van der Waals surface area contributed by atoms with Crippen LogP contribution in [0.4, 0.5) is 8.78 Å². The third-order valence-corrected chi connectivity index (χ3v) is 6.48. The molecule has 0 radical (unpaired) electrons. The Morgan fingerprint density at radius 1 is 1.19 bits per heavy atom. The first-order chi connectivity index (χ1) is 14.4. The van der Waals surface area contributed by atoms with Crippen LogP contribution in [0.25, 0.3) is 0 Å². The molecule has 3 rings (SSSR count). The Balaban J connectivity index is 0.00000341. The van der Waals surface area contributed by atoms with Gasteiger partial charge in [-0.2, -0.15) is 4.31 Å². The van der Waals surface area contributed by atoms with Crippen molar-refractivity contribution in [2.24, 2.45) is 4.99 Å². The molecule has 1 fully saturated rings. The Kier molecular flexibility index (Phi) is 9.62. The highest BCUT2D eigenvalue weighted by Gasteiger charge is 2.28. The van der Waals surface area contributed by atoms with Crippen molar-refractivity contribution >= 4 is 40.0 Å². The minimum Gasteiger partial charge on any atom is -0.364 e. The molecule has 1 saturated heterocycles. The molecule has 1 N–H and O–H groups in total. The molecule has 172 valence electrons. The lowest BCUT2D eigenvalue weighted by molar-refractivity contribution is 0.260. The number of aliphatic imine (C=N–C) groups is 1. The van der Waals surface area contributed by atoms with Crippen LogP contribution in [0, 0.1) is 11.6 Å². The maximum Gasteiger partial charge on any atom is 0.220 e. The first kappa shape index (κ1) is 25.5. The van der Waals surface area contributed by atoms with E-state index in [0.29, 0.717) is 62.9 Å². The molecule has 0 bridgehead atoms. The van der Waals surface area contributed by atoms with Gasteiger partial charge >= 0.3 is 0 Å². The first-order valence-corrected chi connectivity index (χ1v) is 11.3. The smallest absolute Gasteiger partial charge is 0.220 e. The van der Waals surface area contributed by atoms with Crippen molar-refractivity contribution in [2.45, 2.75) is 19.1 Å². The van der Waals surface area contributed by atoms with Gasteiger partial charge in [0, 0.05) is 51.4 Å². The fraction of sp³-hybridized carbons (Fsp3) is 0.474. The summed E-state index contributed by atoms with van der Waals surface area (Å²) < 4.78 is 57.9. The molecule has 1 aromatic carbocycles. The summed E-state index contributed by atoms with van der Waals surface area (Å²) in [6, 6.07) is 4.97. The van der Waals surface area contributed by atoms with Gasteiger partial charge in [-0.3, -0.25) is 4.99 Å². The Morgan fingerprint density at radius 3 is 2.45 bits per heavy atom. The van der Waals surface area contributed by atoms with Crippen LogP contribution in [0.1, 0.15) is 18.2 Å². The summed E-state index contributed by atoms with van der Waals surface area (Å²) in [7, 11) is -3.48. The van der Waals surface area contributed by atoms with E-state index in [1.807, 2.05) is 11.8 Å². The van der Waals surface area contributed by atoms with E-state index in [1.165, 1.54) is 28.8 Å². The van der Waals surface area contributed by atoms with Crippen molar-refractivity contribution in [1.82, 2.24) is 19.7 Å². The van der Waals surface area contributed by atoms with Gasteiger partial charge in [0.2, 0.25) is 10.0 Å². The zero-order chi connectivity index (χ0) is 21.6. The van der Waals surface area contributed by atoms with E-state index < -0.39 is 21.7 Å². The molecule has 2 aromatic rings. The number of nitrogens with zero attached hydrogens (tertiary/aromatic N) is 4. The van der Waals surface area contributed by atoms with Crippen molar-refractivity contribution < 1.29 is 21.7 Å². The molecule has 0 amide bonds. The van der Waals surface area contributed by atoms with E-state index in [4.69, 9.17) is 4.52 Å². The second-order valence-corrected chi connectivity index (χ2v) is 8.87. The van der Waals surface area contributed by atoms with Crippen molar-refractivity contribution in [2.75, 3.05) is 39.3 Å². The lowest BCUT2D eigenvalue weighted by Crippen LogP contribution is -2.54. The quantitative estimate of drug-likeness (QED) is 0.313. The summed E-state index contributed by atoms with van der Waals surface area (Å²) in [4.78, 5) is 6.52. The number of rotatable bonds is 7. The van der Waals surface area contributed by atoms with E-state index in [9.17, 15) is 17.2 Å². The summed E-state index contributed by atoms with van der Waals surface area (Å²) >= 11 is 0. The fourth-order valence-corrected chi connectivity index (χ4v) is 4.67. The highest BCUT2D eigenvalue weighted by atomic mass is 127. The van der Waals surface area contributed by atoms with Gasteiger partial charge in [-0.15, -0.1) is 24.0 Å². The predicted octanol–water partition coefficient (Wildman–Crippen LogP) is 2.23. The second-order valence-electron chi connectivity index (χ2n) is 6.90. The van der Waals surface area contributed by atoms with Crippen LogP contribution in [0.15, 0.2) is 40.0 Å². The van der Waals surface area contributed by atoms with Gasteiger partial charge in [0.1, 0.15) is 23.7 Å². The zero-order valence-electron chi connectivity index (χ0n) is 17.1. The molecule has 8 nitrogen and oxygen atoms in total. The van der Waals surface area contributed by atoms with Crippen LogP contribution in [0.2, 0.25) is 0 Å². The standard InChI is InChI=1S/C19H25F2N5O3S.HI/c1-2-22-19(23-5-3-15-11-16(20)13-17(21)12-15)25-6-8-26(9-7-25)30(27,28)14-18-4-10-29-24-18;/h4,10-13H,2-3,5-9,14H2,1H3,(H,22,23);1H.